The molecule has 2 aliphatic rings. The number of nitrogens with zero attached hydrogens (tertiary/aromatic N) is 2. The maximum atomic E-state index is 4.90. The van der Waals surface area contributed by atoms with Gasteiger partial charge >= 0.3 is 0 Å². The number of aromatic amines is 2. The molecule has 6 rings (SSSR count). The SMILES string of the molecule is C1=Cc2cc3ccc(cc4ccc(cc5nc(cc1n2)C(c1ccccc1)=C5)[nH]4)[nH]3.[Na]. The van der Waals surface area contributed by atoms with E-state index in [1.54, 1.807) is 0 Å². The molecule has 0 fully saturated rings. The van der Waals surface area contributed by atoms with E-state index in [0.717, 1.165) is 56.0 Å². The Hall–Kier alpha value is -3.18. The number of aromatic nitrogens is 4. The molecule has 4 nitrogen and oxygen atoms in total. The van der Waals surface area contributed by atoms with Crippen LogP contribution in [0.5, 0.6) is 0 Å². The minimum absolute atomic E-state index is 0. The number of benzene rings is 1. The third-order valence-corrected chi connectivity index (χ3v) is 5.25. The van der Waals surface area contributed by atoms with Crippen molar-refractivity contribution >= 4 is 75.4 Å². The fourth-order valence-electron chi connectivity index (χ4n) is 3.86. The van der Waals surface area contributed by atoms with Crippen molar-refractivity contribution in [1.29, 1.82) is 0 Å². The summed E-state index contributed by atoms with van der Waals surface area (Å²) in [6.07, 6.45) is 6.20. The molecule has 4 aromatic rings. The quantitative estimate of drug-likeness (QED) is 0.343. The summed E-state index contributed by atoms with van der Waals surface area (Å²) in [5.41, 5.74) is 10.0. The van der Waals surface area contributed by atoms with E-state index >= 15 is 0 Å². The zero-order valence-corrected chi connectivity index (χ0v) is 19.1. The molecule has 0 saturated carbocycles. The minimum atomic E-state index is 0. The molecular formula is C26H18N4Na. The molecule has 0 amide bonds. The van der Waals surface area contributed by atoms with Gasteiger partial charge in [0.25, 0.3) is 0 Å². The molecule has 5 heteroatoms. The van der Waals surface area contributed by atoms with Gasteiger partial charge in [-0.15, -0.1) is 0 Å². The average molecular weight is 409 g/mol. The van der Waals surface area contributed by atoms with Gasteiger partial charge in [0.05, 0.1) is 22.8 Å². The number of fused-ring (bicyclic) bond motifs is 8. The summed E-state index contributed by atoms with van der Waals surface area (Å²) in [5, 5.41) is 0. The summed E-state index contributed by atoms with van der Waals surface area (Å²) in [4.78, 5) is 16.5. The molecule has 0 saturated heterocycles. The molecule has 8 bridgehead atoms. The Balaban J connectivity index is 0.00000204. The summed E-state index contributed by atoms with van der Waals surface area (Å²) in [6.45, 7) is 0. The molecule has 3 aromatic heterocycles. The predicted molar refractivity (Wildman–Crippen MR) is 129 cm³/mol. The van der Waals surface area contributed by atoms with Crippen LogP contribution in [0.1, 0.15) is 28.3 Å². The standard InChI is InChI=1S/C26H18N4.Na/c1-2-4-17(5-3-1)25-15-24-14-22-9-8-20(28-22)12-18-6-7-19(27-18)13-21-10-11-23(29-21)16-26(25)30-24;/h1-16,27-28H;. The summed E-state index contributed by atoms with van der Waals surface area (Å²) in [5.74, 6) is 0. The van der Waals surface area contributed by atoms with Gasteiger partial charge < -0.3 is 9.97 Å². The van der Waals surface area contributed by atoms with Crippen LogP contribution < -0.4 is 0 Å². The maximum absolute atomic E-state index is 4.90. The molecule has 1 radical (unpaired) electrons. The second-order valence-corrected chi connectivity index (χ2v) is 7.46. The number of rotatable bonds is 1. The summed E-state index contributed by atoms with van der Waals surface area (Å²) in [7, 11) is 0. The third-order valence-electron chi connectivity index (χ3n) is 5.25. The van der Waals surface area contributed by atoms with E-state index in [1.807, 2.05) is 18.2 Å². The molecule has 143 valence electrons. The largest absolute Gasteiger partial charge is 0.355 e. The summed E-state index contributed by atoms with van der Waals surface area (Å²) in [6, 6.07) is 26.9. The van der Waals surface area contributed by atoms with Crippen molar-refractivity contribution in [3.63, 3.8) is 0 Å². The number of nitrogens with one attached hydrogen (secondary N) is 2. The van der Waals surface area contributed by atoms with Gasteiger partial charge in [0, 0.05) is 57.2 Å². The molecule has 0 unspecified atom stereocenters. The van der Waals surface area contributed by atoms with Crippen LogP contribution in [0, 0.1) is 0 Å². The maximum Gasteiger partial charge on any atom is 0.0737 e. The topological polar surface area (TPSA) is 57.4 Å². The monoisotopic (exact) mass is 409 g/mol. The normalized spacial score (nSPS) is 12.3. The van der Waals surface area contributed by atoms with Gasteiger partial charge in [-0.2, -0.15) is 0 Å². The van der Waals surface area contributed by atoms with Crippen molar-refractivity contribution in [2.24, 2.45) is 0 Å². The van der Waals surface area contributed by atoms with Gasteiger partial charge in [0.1, 0.15) is 0 Å². The third kappa shape index (κ3) is 4.06. The first kappa shape index (κ1) is 19.8. The van der Waals surface area contributed by atoms with Crippen LogP contribution in [-0.4, -0.2) is 49.5 Å². The molecule has 2 N–H and O–H groups in total. The van der Waals surface area contributed by atoms with Crippen LogP contribution in [0.2, 0.25) is 0 Å². The van der Waals surface area contributed by atoms with Crippen LogP contribution >= 0.6 is 0 Å². The van der Waals surface area contributed by atoms with Crippen molar-refractivity contribution in [2.75, 3.05) is 0 Å². The van der Waals surface area contributed by atoms with Gasteiger partial charge in [-0.05, 0) is 72.3 Å². The number of hydrogen-bond donors (Lipinski definition) is 2. The van der Waals surface area contributed by atoms with Gasteiger partial charge in [0.15, 0.2) is 0 Å². The molecule has 0 aliphatic carbocycles. The van der Waals surface area contributed by atoms with Gasteiger partial charge in [0.2, 0.25) is 0 Å². The van der Waals surface area contributed by atoms with Crippen molar-refractivity contribution in [3.05, 3.63) is 107 Å². The average Bonchev–Trinajstić information content (AvgIpc) is 3.53. The Morgan fingerprint density at radius 1 is 0.548 bits per heavy atom. The van der Waals surface area contributed by atoms with Crippen molar-refractivity contribution in [3.8, 4) is 0 Å². The zero-order valence-electron chi connectivity index (χ0n) is 17.1. The van der Waals surface area contributed by atoms with Crippen LogP contribution in [0.25, 0.3) is 45.9 Å². The van der Waals surface area contributed by atoms with Gasteiger partial charge in [-0.25, -0.2) is 9.97 Å². The molecule has 31 heavy (non-hydrogen) atoms. The summed E-state index contributed by atoms with van der Waals surface area (Å²) < 4.78 is 0. The van der Waals surface area contributed by atoms with E-state index in [9.17, 15) is 0 Å². The molecule has 1 aromatic carbocycles. The molecule has 2 aliphatic heterocycles. The van der Waals surface area contributed by atoms with Crippen LogP contribution in [-0.2, 0) is 0 Å². The number of hydrogen-bond acceptors (Lipinski definition) is 2. The van der Waals surface area contributed by atoms with E-state index in [1.165, 1.54) is 0 Å². The minimum Gasteiger partial charge on any atom is -0.355 e. The Bertz CT molecular complexity index is 1490. The Morgan fingerprint density at radius 3 is 1.81 bits per heavy atom. The van der Waals surface area contributed by atoms with E-state index < -0.39 is 0 Å². The van der Waals surface area contributed by atoms with E-state index in [2.05, 4.69) is 88.8 Å². The first-order chi connectivity index (χ1) is 14.8. The van der Waals surface area contributed by atoms with Crippen molar-refractivity contribution < 1.29 is 0 Å². The van der Waals surface area contributed by atoms with Crippen LogP contribution in [0.15, 0.2) is 78.9 Å². The second-order valence-electron chi connectivity index (χ2n) is 7.46. The van der Waals surface area contributed by atoms with Gasteiger partial charge in [-0.3, -0.25) is 0 Å². The molecule has 0 atom stereocenters. The molecule has 0 spiro atoms. The van der Waals surface area contributed by atoms with Crippen LogP contribution in [0.3, 0.4) is 0 Å². The number of H-pyrrole nitrogens is 2. The van der Waals surface area contributed by atoms with Crippen molar-refractivity contribution in [2.45, 2.75) is 0 Å². The van der Waals surface area contributed by atoms with E-state index in [0.29, 0.717) is 0 Å². The second kappa shape index (κ2) is 8.16. The Kier molecular flexibility index (Phi) is 5.20. The Labute approximate surface area is 201 Å². The van der Waals surface area contributed by atoms with E-state index in [-0.39, 0.29) is 29.6 Å². The Morgan fingerprint density at radius 2 is 1.13 bits per heavy atom. The molecular weight excluding hydrogens is 391 g/mol. The zero-order chi connectivity index (χ0) is 19.9. The smallest absolute Gasteiger partial charge is 0.0737 e. The fourth-order valence-corrected chi connectivity index (χ4v) is 3.86. The fraction of sp³-hybridized carbons (Fsp3) is 0. The van der Waals surface area contributed by atoms with Crippen LogP contribution in [0.4, 0.5) is 0 Å². The van der Waals surface area contributed by atoms with Crippen molar-refractivity contribution in [1.82, 2.24) is 19.9 Å². The first-order valence-corrected chi connectivity index (χ1v) is 9.92. The van der Waals surface area contributed by atoms with E-state index in [4.69, 9.17) is 9.97 Å². The predicted octanol–water partition coefficient (Wildman–Crippen LogP) is 5.69. The van der Waals surface area contributed by atoms with Gasteiger partial charge in [-0.1, -0.05) is 30.3 Å². The summed E-state index contributed by atoms with van der Waals surface area (Å²) >= 11 is 0. The first-order valence-electron chi connectivity index (χ1n) is 9.92. The molecule has 5 heterocycles.